The maximum absolute atomic E-state index is 12.9. The van der Waals surface area contributed by atoms with E-state index in [-0.39, 0.29) is 12.1 Å². The monoisotopic (exact) mass is 317 g/mol. The third-order valence-electron chi connectivity index (χ3n) is 3.46. The molecule has 1 aliphatic rings. The summed E-state index contributed by atoms with van der Waals surface area (Å²) in [6.07, 6.45) is -6.21. The van der Waals surface area contributed by atoms with Crippen LogP contribution in [-0.4, -0.2) is 46.9 Å². The summed E-state index contributed by atoms with van der Waals surface area (Å²) < 4.78 is 43.9. The highest BCUT2D eigenvalue weighted by Gasteiger charge is 2.47. The smallest absolute Gasteiger partial charge is 0.415 e. The van der Waals surface area contributed by atoms with Crippen molar-refractivity contribution < 1.29 is 27.8 Å². The average Bonchev–Trinajstić information content (AvgIpc) is 2.36. The SMILES string of the molecule is CC1(C)CN(Cc2ccc(C(=O)O)cc2)CC(C(F)(F)F)O1. The van der Waals surface area contributed by atoms with Gasteiger partial charge >= 0.3 is 12.1 Å². The molecule has 0 radical (unpaired) electrons. The predicted octanol–water partition coefficient (Wildman–Crippen LogP) is 2.93. The lowest BCUT2D eigenvalue weighted by Crippen LogP contribution is -2.56. The number of hydrogen-bond acceptors (Lipinski definition) is 3. The summed E-state index contributed by atoms with van der Waals surface area (Å²) in [7, 11) is 0. The fourth-order valence-corrected chi connectivity index (χ4v) is 2.60. The largest absolute Gasteiger partial charge is 0.478 e. The number of ether oxygens (including phenoxy) is 1. The zero-order chi connectivity index (χ0) is 16.5. The van der Waals surface area contributed by atoms with E-state index in [9.17, 15) is 18.0 Å². The minimum atomic E-state index is -4.40. The number of hydrogen-bond donors (Lipinski definition) is 1. The Morgan fingerprint density at radius 3 is 2.45 bits per heavy atom. The van der Waals surface area contributed by atoms with Gasteiger partial charge in [-0.05, 0) is 31.5 Å². The molecule has 1 unspecified atom stereocenters. The van der Waals surface area contributed by atoms with Gasteiger partial charge in [0.15, 0.2) is 6.10 Å². The number of benzene rings is 1. The Bertz CT molecular complexity index is 540. The first-order valence-corrected chi connectivity index (χ1v) is 6.86. The lowest BCUT2D eigenvalue weighted by atomic mass is 10.0. The molecule has 22 heavy (non-hydrogen) atoms. The highest BCUT2D eigenvalue weighted by atomic mass is 19.4. The molecule has 1 N–H and O–H groups in total. The van der Waals surface area contributed by atoms with Crippen LogP contribution in [0.15, 0.2) is 24.3 Å². The number of carboxylic acid groups (broad SMARTS) is 1. The molecule has 2 rings (SSSR count). The van der Waals surface area contributed by atoms with Gasteiger partial charge in [-0.2, -0.15) is 13.2 Å². The summed E-state index contributed by atoms with van der Waals surface area (Å²) in [5, 5.41) is 8.84. The predicted molar refractivity (Wildman–Crippen MR) is 73.7 cm³/mol. The van der Waals surface area contributed by atoms with Crippen LogP contribution >= 0.6 is 0 Å². The van der Waals surface area contributed by atoms with E-state index in [1.54, 1.807) is 30.9 Å². The highest BCUT2D eigenvalue weighted by Crippen LogP contribution is 2.32. The molecule has 7 heteroatoms. The van der Waals surface area contributed by atoms with E-state index in [1.807, 2.05) is 0 Å². The van der Waals surface area contributed by atoms with Crippen LogP contribution in [0.2, 0.25) is 0 Å². The lowest BCUT2D eigenvalue weighted by Gasteiger charge is -2.43. The zero-order valence-corrected chi connectivity index (χ0v) is 12.4. The first-order valence-electron chi connectivity index (χ1n) is 6.86. The van der Waals surface area contributed by atoms with Crippen molar-refractivity contribution in [2.75, 3.05) is 13.1 Å². The van der Waals surface area contributed by atoms with Gasteiger partial charge in [0.25, 0.3) is 0 Å². The second kappa shape index (κ2) is 5.89. The Labute approximate surface area is 126 Å². The maximum atomic E-state index is 12.9. The molecule has 1 heterocycles. The molecule has 1 atom stereocenters. The Morgan fingerprint density at radius 1 is 1.36 bits per heavy atom. The van der Waals surface area contributed by atoms with Crippen LogP contribution in [0.5, 0.6) is 0 Å². The topological polar surface area (TPSA) is 49.8 Å². The molecule has 0 aliphatic carbocycles. The first-order chi connectivity index (χ1) is 10.1. The third kappa shape index (κ3) is 4.20. The quantitative estimate of drug-likeness (QED) is 0.931. The molecule has 1 aromatic rings. The Hall–Kier alpha value is -1.60. The number of carbonyl (C=O) groups is 1. The van der Waals surface area contributed by atoms with Crippen molar-refractivity contribution in [1.82, 2.24) is 4.90 Å². The zero-order valence-electron chi connectivity index (χ0n) is 12.4. The number of halogens is 3. The number of aromatic carboxylic acids is 1. The van der Waals surface area contributed by atoms with Crippen LogP contribution in [0.4, 0.5) is 13.2 Å². The maximum Gasteiger partial charge on any atom is 0.415 e. The van der Waals surface area contributed by atoms with Crippen molar-refractivity contribution >= 4 is 5.97 Å². The standard InChI is InChI=1S/C15H18F3NO3/c1-14(2)9-19(8-12(22-14)15(16,17)18)7-10-3-5-11(6-4-10)13(20)21/h3-6,12H,7-9H2,1-2H3,(H,20,21). The summed E-state index contributed by atoms with van der Waals surface area (Å²) in [6.45, 7) is 3.73. The Morgan fingerprint density at radius 2 is 1.95 bits per heavy atom. The van der Waals surface area contributed by atoms with Crippen LogP contribution in [0.3, 0.4) is 0 Å². The van der Waals surface area contributed by atoms with Gasteiger partial charge in [-0.25, -0.2) is 4.79 Å². The molecule has 1 fully saturated rings. The van der Waals surface area contributed by atoms with Crippen molar-refractivity contribution in [1.29, 1.82) is 0 Å². The molecular formula is C15H18F3NO3. The molecule has 1 aliphatic heterocycles. The van der Waals surface area contributed by atoms with E-state index in [2.05, 4.69) is 0 Å². The number of carboxylic acids is 1. The number of rotatable bonds is 3. The second-order valence-corrected chi connectivity index (χ2v) is 6.08. The molecule has 0 amide bonds. The molecule has 1 saturated heterocycles. The van der Waals surface area contributed by atoms with Gasteiger partial charge < -0.3 is 9.84 Å². The van der Waals surface area contributed by atoms with E-state index in [1.165, 1.54) is 12.1 Å². The highest BCUT2D eigenvalue weighted by molar-refractivity contribution is 5.87. The van der Waals surface area contributed by atoms with Gasteiger partial charge in [-0.1, -0.05) is 12.1 Å². The Balaban J connectivity index is 2.09. The van der Waals surface area contributed by atoms with Crippen LogP contribution < -0.4 is 0 Å². The number of alkyl halides is 3. The van der Waals surface area contributed by atoms with Gasteiger partial charge in [-0.3, -0.25) is 4.90 Å². The summed E-state index contributed by atoms with van der Waals surface area (Å²) in [5.41, 5.74) is 0.0299. The fraction of sp³-hybridized carbons (Fsp3) is 0.533. The van der Waals surface area contributed by atoms with Gasteiger partial charge in [0, 0.05) is 19.6 Å². The van der Waals surface area contributed by atoms with E-state index < -0.39 is 23.9 Å². The van der Waals surface area contributed by atoms with Gasteiger partial charge in [-0.15, -0.1) is 0 Å². The van der Waals surface area contributed by atoms with Crippen LogP contribution in [-0.2, 0) is 11.3 Å². The van der Waals surface area contributed by atoms with Crippen molar-refractivity contribution in [3.05, 3.63) is 35.4 Å². The van der Waals surface area contributed by atoms with Crippen molar-refractivity contribution in [3.63, 3.8) is 0 Å². The summed E-state index contributed by atoms with van der Waals surface area (Å²) in [5.74, 6) is -1.03. The molecule has 0 aromatic heterocycles. The first kappa shape index (κ1) is 16.8. The van der Waals surface area contributed by atoms with E-state index in [4.69, 9.17) is 9.84 Å². The van der Waals surface area contributed by atoms with Crippen LogP contribution in [0.25, 0.3) is 0 Å². The van der Waals surface area contributed by atoms with Crippen molar-refractivity contribution in [3.8, 4) is 0 Å². The van der Waals surface area contributed by atoms with E-state index in [0.717, 1.165) is 5.56 Å². The van der Waals surface area contributed by atoms with Crippen LogP contribution in [0.1, 0.15) is 29.8 Å². The van der Waals surface area contributed by atoms with E-state index >= 15 is 0 Å². The number of nitrogens with zero attached hydrogens (tertiary/aromatic N) is 1. The molecule has 1 aromatic carbocycles. The molecule has 4 nitrogen and oxygen atoms in total. The summed E-state index contributed by atoms with van der Waals surface area (Å²) in [4.78, 5) is 12.5. The van der Waals surface area contributed by atoms with Gasteiger partial charge in [0.1, 0.15) is 0 Å². The van der Waals surface area contributed by atoms with Gasteiger partial charge in [0.2, 0.25) is 0 Å². The van der Waals surface area contributed by atoms with Crippen molar-refractivity contribution in [2.24, 2.45) is 0 Å². The fourth-order valence-electron chi connectivity index (χ4n) is 2.60. The average molecular weight is 317 g/mol. The lowest BCUT2D eigenvalue weighted by molar-refractivity contribution is -0.272. The minimum Gasteiger partial charge on any atom is -0.478 e. The second-order valence-electron chi connectivity index (χ2n) is 6.08. The molecular weight excluding hydrogens is 299 g/mol. The summed E-state index contributed by atoms with van der Waals surface area (Å²) >= 11 is 0. The normalized spacial score (nSPS) is 22.5. The number of morpholine rings is 1. The molecule has 0 saturated carbocycles. The molecule has 0 bridgehead atoms. The summed E-state index contributed by atoms with van der Waals surface area (Å²) in [6, 6.07) is 6.14. The van der Waals surface area contributed by atoms with Gasteiger partial charge in [0.05, 0.1) is 11.2 Å². The Kier molecular flexibility index (Phi) is 4.49. The van der Waals surface area contributed by atoms with Crippen molar-refractivity contribution in [2.45, 2.75) is 38.3 Å². The van der Waals surface area contributed by atoms with E-state index in [0.29, 0.717) is 13.1 Å². The third-order valence-corrected chi connectivity index (χ3v) is 3.46. The molecule has 0 spiro atoms. The minimum absolute atomic E-state index is 0.152. The van der Waals surface area contributed by atoms with Crippen LogP contribution in [0, 0.1) is 0 Å². The molecule has 122 valence electrons.